The molecule has 4 aromatic rings. The molecule has 1 saturated heterocycles. The molecule has 0 saturated carbocycles. The molecule has 7 heteroatoms. The first kappa shape index (κ1) is 22.1. The summed E-state index contributed by atoms with van der Waals surface area (Å²) in [6, 6.07) is 14.0. The van der Waals surface area contributed by atoms with Crippen LogP contribution in [0.25, 0.3) is 27.7 Å². The van der Waals surface area contributed by atoms with Crippen molar-refractivity contribution in [1.29, 1.82) is 0 Å². The van der Waals surface area contributed by atoms with Crippen LogP contribution in [-0.4, -0.2) is 34.0 Å². The van der Waals surface area contributed by atoms with E-state index in [0.29, 0.717) is 40.8 Å². The van der Waals surface area contributed by atoms with Gasteiger partial charge in [-0.1, -0.05) is 12.1 Å². The molecular weight excluding hydrogens is 440 g/mol. The predicted octanol–water partition coefficient (Wildman–Crippen LogP) is 6.18. The lowest BCUT2D eigenvalue weighted by Gasteiger charge is -2.26. The maximum absolute atomic E-state index is 14.8. The number of rotatable bonds is 4. The van der Waals surface area contributed by atoms with E-state index in [4.69, 9.17) is 4.74 Å². The maximum atomic E-state index is 14.8. The number of aromatic carboxylic acids is 1. The molecule has 0 aliphatic carbocycles. The van der Waals surface area contributed by atoms with Crippen molar-refractivity contribution in [2.45, 2.75) is 25.7 Å². The van der Waals surface area contributed by atoms with E-state index in [-0.39, 0.29) is 17.5 Å². The smallest absolute Gasteiger partial charge is 0.338 e. The van der Waals surface area contributed by atoms with Gasteiger partial charge in [-0.15, -0.1) is 0 Å². The molecule has 1 fully saturated rings. The Labute approximate surface area is 194 Å². The molecule has 0 spiro atoms. The van der Waals surface area contributed by atoms with Crippen LogP contribution in [0.5, 0.6) is 5.75 Å². The fourth-order valence-corrected chi connectivity index (χ4v) is 4.88. The van der Waals surface area contributed by atoms with Crippen LogP contribution in [0.1, 0.15) is 40.4 Å². The number of carboxylic acid groups (broad SMARTS) is 1. The second kappa shape index (κ2) is 8.57. The van der Waals surface area contributed by atoms with Gasteiger partial charge in [-0.2, -0.15) is 0 Å². The van der Waals surface area contributed by atoms with Crippen LogP contribution in [0.4, 0.5) is 8.78 Å². The van der Waals surface area contributed by atoms with E-state index < -0.39 is 17.3 Å². The highest BCUT2D eigenvalue weighted by Gasteiger charge is 2.29. The zero-order valence-electron chi connectivity index (χ0n) is 18.5. The van der Waals surface area contributed by atoms with Gasteiger partial charge in [0.2, 0.25) is 0 Å². The Morgan fingerprint density at radius 2 is 1.79 bits per heavy atom. The maximum Gasteiger partial charge on any atom is 0.338 e. The molecule has 0 atom stereocenters. The van der Waals surface area contributed by atoms with Gasteiger partial charge in [-0.05, 0) is 73.4 Å². The highest BCUT2D eigenvalue weighted by atomic mass is 19.1. The number of aromatic hydroxyl groups is 1. The van der Waals surface area contributed by atoms with Gasteiger partial charge < -0.3 is 19.5 Å². The molecule has 2 heterocycles. The van der Waals surface area contributed by atoms with Gasteiger partial charge in [-0.25, -0.2) is 13.6 Å². The molecule has 3 aromatic carbocycles. The summed E-state index contributed by atoms with van der Waals surface area (Å²) >= 11 is 0. The zero-order chi connectivity index (χ0) is 24.0. The van der Waals surface area contributed by atoms with Crippen LogP contribution in [-0.2, 0) is 4.74 Å². The van der Waals surface area contributed by atoms with Gasteiger partial charge >= 0.3 is 5.97 Å². The standard InChI is InChI=1S/C27H23F2NO4/c1-15-13-18(6-8-20(15)28)30-22-3-2-4-23(31)25(22)24(26(30)16-9-11-34-12-10-16)17-5-7-19(27(32)33)21(29)14-17/h2-8,13-14,16,31H,9-12H2,1H3,(H,32,33). The Balaban J connectivity index is 1.88. The summed E-state index contributed by atoms with van der Waals surface area (Å²) in [5, 5.41) is 20.7. The number of carbonyl (C=O) groups is 1. The van der Waals surface area contributed by atoms with Crippen LogP contribution in [0, 0.1) is 18.6 Å². The van der Waals surface area contributed by atoms with Gasteiger partial charge in [0.05, 0.1) is 11.1 Å². The van der Waals surface area contributed by atoms with E-state index in [9.17, 15) is 23.8 Å². The topological polar surface area (TPSA) is 71.7 Å². The number of phenols is 1. The fourth-order valence-electron chi connectivity index (χ4n) is 4.88. The fraction of sp³-hybridized carbons (Fsp3) is 0.222. The number of benzene rings is 3. The Morgan fingerprint density at radius 3 is 2.47 bits per heavy atom. The first-order chi connectivity index (χ1) is 16.4. The lowest BCUT2D eigenvalue weighted by molar-refractivity contribution is 0.0692. The molecule has 5 rings (SSSR count). The van der Waals surface area contributed by atoms with Crippen molar-refractivity contribution in [2.75, 3.05) is 13.2 Å². The number of hydrogen-bond donors (Lipinski definition) is 2. The van der Waals surface area contributed by atoms with E-state index in [1.165, 1.54) is 18.2 Å². The van der Waals surface area contributed by atoms with Crippen molar-refractivity contribution in [1.82, 2.24) is 4.57 Å². The van der Waals surface area contributed by atoms with Crippen molar-refractivity contribution in [3.05, 3.63) is 83.1 Å². The summed E-state index contributed by atoms with van der Waals surface area (Å²) in [5.74, 6) is -2.45. The van der Waals surface area contributed by atoms with Crippen molar-refractivity contribution in [3.8, 4) is 22.6 Å². The molecule has 1 aromatic heterocycles. The molecule has 1 aliphatic rings. The SMILES string of the molecule is Cc1cc(-n2c(C3CCOCC3)c(-c3ccc(C(=O)O)c(F)c3)c3c(O)cccc32)ccc1F. The molecule has 1 aliphatic heterocycles. The number of halogens is 2. The first-order valence-corrected chi connectivity index (χ1v) is 11.1. The van der Waals surface area contributed by atoms with E-state index in [0.717, 1.165) is 24.2 Å². The number of fused-ring (bicyclic) bond motifs is 1. The second-order valence-corrected chi connectivity index (χ2v) is 8.59. The Kier molecular flexibility index (Phi) is 5.57. The second-order valence-electron chi connectivity index (χ2n) is 8.59. The van der Waals surface area contributed by atoms with Gasteiger partial charge in [0.15, 0.2) is 0 Å². The van der Waals surface area contributed by atoms with Crippen molar-refractivity contribution in [3.63, 3.8) is 0 Å². The molecule has 5 nitrogen and oxygen atoms in total. The van der Waals surface area contributed by atoms with E-state index in [1.807, 2.05) is 10.6 Å². The zero-order valence-corrected chi connectivity index (χ0v) is 18.5. The number of ether oxygens (including phenoxy) is 1. The summed E-state index contributed by atoms with van der Waals surface area (Å²) in [4.78, 5) is 11.4. The third kappa shape index (κ3) is 3.62. The Morgan fingerprint density at radius 1 is 1.03 bits per heavy atom. The predicted molar refractivity (Wildman–Crippen MR) is 125 cm³/mol. The average Bonchev–Trinajstić information content (AvgIpc) is 3.17. The van der Waals surface area contributed by atoms with Crippen molar-refractivity contribution < 1.29 is 28.5 Å². The third-order valence-electron chi connectivity index (χ3n) is 6.50. The van der Waals surface area contributed by atoms with E-state index in [2.05, 4.69) is 0 Å². The third-order valence-corrected chi connectivity index (χ3v) is 6.50. The quantitative estimate of drug-likeness (QED) is 0.379. The van der Waals surface area contributed by atoms with Crippen molar-refractivity contribution in [2.24, 2.45) is 0 Å². The van der Waals surface area contributed by atoms with Crippen LogP contribution in [0.15, 0.2) is 54.6 Å². The molecule has 0 amide bonds. The lowest BCUT2D eigenvalue weighted by Crippen LogP contribution is -2.17. The number of hydrogen-bond acceptors (Lipinski definition) is 3. The number of nitrogens with zero attached hydrogens (tertiary/aromatic N) is 1. The number of carboxylic acids is 1. The number of aryl methyl sites for hydroxylation is 1. The van der Waals surface area contributed by atoms with Gasteiger partial charge in [-0.3, -0.25) is 0 Å². The largest absolute Gasteiger partial charge is 0.507 e. The molecule has 34 heavy (non-hydrogen) atoms. The van der Waals surface area contributed by atoms with Crippen LogP contribution >= 0.6 is 0 Å². The molecule has 174 valence electrons. The summed E-state index contributed by atoms with van der Waals surface area (Å²) in [6.07, 6.45) is 1.44. The normalized spacial score (nSPS) is 14.6. The molecule has 0 bridgehead atoms. The molecular formula is C27H23F2NO4. The average molecular weight is 463 g/mol. The van der Waals surface area contributed by atoms with Crippen LogP contribution in [0.3, 0.4) is 0 Å². The van der Waals surface area contributed by atoms with Gasteiger partial charge in [0.1, 0.15) is 17.4 Å². The highest BCUT2D eigenvalue weighted by Crippen LogP contribution is 2.46. The van der Waals surface area contributed by atoms with Gasteiger partial charge in [0.25, 0.3) is 0 Å². The minimum atomic E-state index is -1.35. The monoisotopic (exact) mass is 463 g/mol. The van der Waals surface area contributed by atoms with E-state index >= 15 is 0 Å². The number of phenolic OH excluding ortho intramolecular Hbond substituents is 1. The minimum absolute atomic E-state index is 0.0288. The number of aromatic nitrogens is 1. The highest BCUT2D eigenvalue weighted by molar-refractivity contribution is 6.03. The summed E-state index contributed by atoms with van der Waals surface area (Å²) in [6.45, 7) is 2.82. The Hall–Kier alpha value is -3.71. The van der Waals surface area contributed by atoms with Gasteiger partial charge in [0, 0.05) is 41.5 Å². The Bertz CT molecular complexity index is 1420. The minimum Gasteiger partial charge on any atom is -0.507 e. The lowest BCUT2D eigenvalue weighted by atomic mass is 9.89. The molecule has 2 N–H and O–H groups in total. The van der Waals surface area contributed by atoms with E-state index in [1.54, 1.807) is 37.3 Å². The summed E-state index contributed by atoms with van der Waals surface area (Å²) in [5.41, 5.74) is 3.45. The molecule has 0 radical (unpaired) electrons. The van der Waals surface area contributed by atoms with Crippen LogP contribution in [0.2, 0.25) is 0 Å². The van der Waals surface area contributed by atoms with Crippen LogP contribution < -0.4 is 0 Å². The first-order valence-electron chi connectivity index (χ1n) is 11.1. The summed E-state index contributed by atoms with van der Waals surface area (Å²) in [7, 11) is 0. The summed E-state index contributed by atoms with van der Waals surface area (Å²) < 4.78 is 36.5. The molecule has 0 unspecified atom stereocenters. The van der Waals surface area contributed by atoms with Crippen molar-refractivity contribution >= 4 is 16.9 Å².